The summed E-state index contributed by atoms with van der Waals surface area (Å²) in [5.41, 5.74) is 4.78. The van der Waals surface area contributed by atoms with E-state index < -0.39 is 0 Å². The van der Waals surface area contributed by atoms with Crippen molar-refractivity contribution in [2.24, 2.45) is 0 Å². The minimum atomic E-state index is 0.0963. The molecule has 0 unspecified atom stereocenters. The van der Waals surface area contributed by atoms with Gasteiger partial charge < -0.3 is 5.32 Å². The Labute approximate surface area is 149 Å². The van der Waals surface area contributed by atoms with Crippen LogP contribution in [0, 0.1) is 6.92 Å². The van der Waals surface area contributed by atoms with Gasteiger partial charge in [0.25, 0.3) is 0 Å². The van der Waals surface area contributed by atoms with Crippen molar-refractivity contribution < 1.29 is 4.79 Å². The fourth-order valence-corrected chi connectivity index (χ4v) is 3.02. The van der Waals surface area contributed by atoms with Crippen LogP contribution in [0.4, 0.5) is 0 Å². The van der Waals surface area contributed by atoms with Crippen LogP contribution in [0.2, 0.25) is 0 Å². The maximum absolute atomic E-state index is 11.9. The molecule has 2 aromatic rings. The van der Waals surface area contributed by atoms with Gasteiger partial charge in [0, 0.05) is 30.9 Å². The molecule has 0 spiro atoms. The van der Waals surface area contributed by atoms with Gasteiger partial charge >= 0.3 is 0 Å². The maximum atomic E-state index is 11.9. The first-order valence-electron chi connectivity index (χ1n) is 8.84. The smallest absolute Gasteiger partial charge is 0.234 e. The van der Waals surface area contributed by atoms with Crippen molar-refractivity contribution in [1.82, 2.24) is 20.0 Å². The number of carbonyl (C=O) groups excluding carboxylic acids is 1. The second-order valence-corrected chi connectivity index (χ2v) is 6.95. The van der Waals surface area contributed by atoms with E-state index in [1.54, 1.807) is 0 Å². The third-order valence-electron chi connectivity index (χ3n) is 4.36. The van der Waals surface area contributed by atoms with Gasteiger partial charge in [0.05, 0.1) is 18.4 Å². The minimum absolute atomic E-state index is 0.0963. The van der Waals surface area contributed by atoms with Crippen LogP contribution in [0.3, 0.4) is 0 Å². The lowest BCUT2D eigenvalue weighted by atomic mass is 10.0. The molecule has 1 aliphatic rings. The number of hydrogen-bond donors (Lipinski definition) is 1. The van der Waals surface area contributed by atoms with Gasteiger partial charge in [0.15, 0.2) is 0 Å². The number of nitrogens with zero attached hydrogens (tertiary/aromatic N) is 3. The molecule has 0 aliphatic carbocycles. The zero-order chi connectivity index (χ0) is 17.8. The van der Waals surface area contributed by atoms with E-state index in [9.17, 15) is 4.79 Å². The summed E-state index contributed by atoms with van der Waals surface area (Å²) in [5, 5.41) is 7.43. The number of hydrogen-bond acceptors (Lipinski definition) is 3. The molecular weight excluding hydrogens is 312 g/mol. The normalized spacial score (nSPS) is 15.3. The molecule has 0 radical (unpaired) electrons. The first-order valence-corrected chi connectivity index (χ1v) is 8.84. The molecule has 1 aromatic carbocycles. The molecule has 1 amide bonds. The summed E-state index contributed by atoms with van der Waals surface area (Å²) in [4.78, 5) is 14.0. The summed E-state index contributed by atoms with van der Waals surface area (Å²) in [6.07, 6.45) is 7.15. The van der Waals surface area contributed by atoms with E-state index in [1.165, 1.54) is 11.1 Å². The predicted molar refractivity (Wildman–Crippen MR) is 101 cm³/mol. The molecule has 132 valence electrons. The first kappa shape index (κ1) is 17.4. The molecule has 5 nitrogen and oxygen atoms in total. The average Bonchev–Trinajstić information content (AvgIpc) is 3.05. The lowest BCUT2D eigenvalue weighted by Gasteiger charge is -2.25. The van der Waals surface area contributed by atoms with Gasteiger partial charge in [-0.3, -0.25) is 9.69 Å². The predicted octanol–water partition coefficient (Wildman–Crippen LogP) is 2.79. The Bertz CT molecular complexity index is 758. The molecule has 0 fully saturated rings. The van der Waals surface area contributed by atoms with Crippen molar-refractivity contribution >= 4 is 11.5 Å². The second kappa shape index (κ2) is 7.66. The molecule has 3 rings (SSSR count). The highest BCUT2D eigenvalue weighted by molar-refractivity contribution is 5.78. The number of aromatic nitrogens is 2. The van der Waals surface area contributed by atoms with E-state index in [0.717, 1.165) is 30.8 Å². The molecule has 1 aliphatic heterocycles. The Balaban J connectivity index is 1.62. The van der Waals surface area contributed by atoms with Gasteiger partial charge in [-0.1, -0.05) is 23.8 Å². The van der Waals surface area contributed by atoms with E-state index in [0.29, 0.717) is 6.54 Å². The summed E-state index contributed by atoms with van der Waals surface area (Å²) in [7, 11) is 0. The van der Waals surface area contributed by atoms with Crippen molar-refractivity contribution in [3.05, 3.63) is 53.9 Å². The van der Waals surface area contributed by atoms with Crippen LogP contribution in [0.5, 0.6) is 0 Å². The van der Waals surface area contributed by atoms with Crippen molar-refractivity contribution in [2.45, 2.75) is 33.2 Å². The van der Waals surface area contributed by atoms with E-state index in [4.69, 9.17) is 0 Å². The minimum Gasteiger partial charge on any atom is -0.353 e. The number of carbonyl (C=O) groups is 1. The lowest BCUT2D eigenvalue weighted by molar-refractivity contribution is -0.122. The van der Waals surface area contributed by atoms with Gasteiger partial charge in [-0.2, -0.15) is 5.10 Å². The summed E-state index contributed by atoms with van der Waals surface area (Å²) in [6, 6.07) is 8.54. The number of nitrogens with one attached hydrogen (secondary N) is 1. The SMILES string of the molecule is Cc1ccc(-n2cc(C3=CCN(CC(=O)NC(C)C)CC3)cn2)cc1. The largest absolute Gasteiger partial charge is 0.353 e. The van der Waals surface area contributed by atoms with Crippen molar-refractivity contribution in [1.29, 1.82) is 0 Å². The van der Waals surface area contributed by atoms with Crippen LogP contribution in [-0.2, 0) is 4.79 Å². The van der Waals surface area contributed by atoms with Crippen LogP contribution in [0.1, 0.15) is 31.4 Å². The molecule has 1 N–H and O–H groups in total. The second-order valence-electron chi connectivity index (χ2n) is 6.95. The lowest BCUT2D eigenvalue weighted by Crippen LogP contribution is -2.41. The third kappa shape index (κ3) is 4.57. The molecular formula is C20H26N4O. The Hall–Kier alpha value is -2.40. The van der Waals surface area contributed by atoms with Gasteiger partial charge in [0.2, 0.25) is 5.91 Å². The molecule has 0 atom stereocenters. The summed E-state index contributed by atoms with van der Waals surface area (Å²) in [6.45, 7) is 8.21. The number of rotatable bonds is 5. The van der Waals surface area contributed by atoms with Gasteiger partial charge in [-0.15, -0.1) is 0 Å². The van der Waals surface area contributed by atoms with Crippen LogP contribution in [0.25, 0.3) is 11.3 Å². The first-order chi connectivity index (χ1) is 12.0. The highest BCUT2D eigenvalue weighted by Crippen LogP contribution is 2.22. The Kier molecular flexibility index (Phi) is 5.34. The molecule has 2 heterocycles. The maximum Gasteiger partial charge on any atom is 0.234 e. The number of benzene rings is 1. The van der Waals surface area contributed by atoms with Crippen molar-refractivity contribution in [3.63, 3.8) is 0 Å². The van der Waals surface area contributed by atoms with Crippen LogP contribution in [0.15, 0.2) is 42.7 Å². The van der Waals surface area contributed by atoms with Crippen molar-refractivity contribution in [3.8, 4) is 5.69 Å². The van der Waals surface area contributed by atoms with Crippen LogP contribution < -0.4 is 5.32 Å². The fourth-order valence-electron chi connectivity index (χ4n) is 3.02. The zero-order valence-corrected chi connectivity index (χ0v) is 15.2. The molecule has 1 aromatic heterocycles. The molecule has 0 bridgehead atoms. The average molecular weight is 338 g/mol. The zero-order valence-electron chi connectivity index (χ0n) is 15.2. The van der Waals surface area contributed by atoms with Crippen LogP contribution in [-0.4, -0.2) is 46.3 Å². The Morgan fingerprint density at radius 2 is 2.04 bits per heavy atom. The fraction of sp³-hybridized carbons (Fsp3) is 0.400. The van der Waals surface area contributed by atoms with Gasteiger partial charge in [0.1, 0.15) is 0 Å². The van der Waals surface area contributed by atoms with Gasteiger partial charge in [-0.05, 0) is 44.9 Å². The van der Waals surface area contributed by atoms with Crippen molar-refractivity contribution in [2.75, 3.05) is 19.6 Å². The highest BCUT2D eigenvalue weighted by atomic mass is 16.2. The Morgan fingerprint density at radius 1 is 1.28 bits per heavy atom. The molecule has 0 saturated heterocycles. The molecule has 25 heavy (non-hydrogen) atoms. The topological polar surface area (TPSA) is 50.2 Å². The summed E-state index contributed by atoms with van der Waals surface area (Å²) < 4.78 is 1.91. The summed E-state index contributed by atoms with van der Waals surface area (Å²) >= 11 is 0. The summed E-state index contributed by atoms with van der Waals surface area (Å²) in [5.74, 6) is 0.0963. The molecule has 0 saturated carbocycles. The standard InChI is InChI=1S/C20H26N4O/c1-15(2)22-20(25)14-23-10-8-17(9-11-23)18-12-21-24(13-18)19-6-4-16(3)5-7-19/h4-8,12-13,15H,9-11,14H2,1-3H3,(H,22,25). The third-order valence-corrected chi connectivity index (χ3v) is 4.36. The quantitative estimate of drug-likeness (QED) is 0.912. The Morgan fingerprint density at radius 3 is 2.68 bits per heavy atom. The van der Waals surface area contributed by atoms with E-state index in [1.807, 2.05) is 24.7 Å². The van der Waals surface area contributed by atoms with E-state index in [2.05, 4.69) is 58.8 Å². The number of amides is 1. The number of aryl methyl sites for hydroxylation is 1. The monoisotopic (exact) mass is 338 g/mol. The van der Waals surface area contributed by atoms with E-state index >= 15 is 0 Å². The highest BCUT2D eigenvalue weighted by Gasteiger charge is 2.17. The van der Waals surface area contributed by atoms with Gasteiger partial charge in [-0.25, -0.2) is 4.68 Å². The van der Waals surface area contributed by atoms with E-state index in [-0.39, 0.29) is 11.9 Å². The molecule has 5 heteroatoms. The van der Waals surface area contributed by atoms with Crippen LogP contribution >= 0.6 is 0 Å².